The van der Waals surface area contributed by atoms with Gasteiger partial charge in [0.2, 0.25) is 0 Å². The molecule has 1 aliphatic heterocycles. The van der Waals surface area contributed by atoms with Gasteiger partial charge in [-0.25, -0.2) is 4.98 Å². The van der Waals surface area contributed by atoms with Crippen molar-refractivity contribution in [3.8, 4) is 5.75 Å². The van der Waals surface area contributed by atoms with Gasteiger partial charge in [-0.1, -0.05) is 32.0 Å². The highest BCUT2D eigenvalue weighted by Gasteiger charge is 2.33. The van der Waals surface area contributed by atoms with E-state index in [1.165, 1.54) is 11.3 Å². The van der Waals surface area contributed by atoms with Crippen molar-refractivity contribution >= 4 is 17.2 Å². The third-order valence-corrected chi connectivity index (χ3v) is 5.16. The number of nitrogens with zero attached hydrogens (tertiary/aromatic N) is 2. The van der Waals surface area contributed by atoms with Gasteiger partial charge >= 0.3 is 0 Å². The van der Waals surface area contributed by atoms with E-state index in [1.54, 1.807) is 7.11 Å². The topological polar surface area (TPSA) is 42.4 Å². The quantitative estimate of drug-likeness (QED) is 0.841. The maximum absolute atomic E-state index is 12.9. The van der Waals surface area contributed by atoms with Gasteiger partial charge in [-0.3, -0.25) is 4.79 Å². The standard InChI is InChI=1S/C18H22N2O2S/c1-12(2)14-11-23-17(19-14)18(21)20-10-6-8-15(20)13-7-4-5-9-16(13)22-3/h4-5,7,9,11-12,15H,6,8,10H2,1-3H3/t15-/m1/s1. The van der Waals surface area contributed by atoms with E-state index in [1.807, 2.05) is 28.5 Å². The molecule has 0 N–H and O–H groups in total. The first-order chi connectivity index (χ1) is 11.1. The number of hydrogen-bond donors (Lipinski definition) is 0. The molecule has 1 aliphatic rings. The minimum absolute atomic E-state index is 0.0373. The molecule has 1 atom stereocenters. The van der Waals surface area contributed by atoms with Gasteiger partial charge in [0, 0.05) is 17.5 Å². The van der Waals surface area contributed by atoms with E-state index < -0.39 is 0 Å². The highest BCUT2D eigenvalue weighted by atomic mass is 32.1. The molecule has 1 aromatic heterocycles. The van der Waals surface area contributed by atoms with Gasteiger partial charge in [0.05, 0.1) is 18.8 Å². The minimum atomic E-state index is 0.0373. The SMILES string of the molecule is COc1ccccc1[C@H]1CCCN1C(=O)c1nc(C(C)C)cs1. The Hall–Kier alpha value is -1.88. The number of amides is 1. The van der Waals surface area contributed by atoms with E-state index in [0.29, 0.717) is 10.9 Å². The van der Waals surface area contributed by atoms with Crippen LogP contribution in [0.5, 0.6) is 5.75 Å². The molecule has 3 rings (SSSR count). The second kappa shape index (κ2) is 6.71. The summed E-state index contributed by atoms with van der Waals surface area (Å²) in [5, 5.41) is 2.59. The largest absolute Gasteiger partial charge is 0.496 e. The molecule has 0 saturated carbocycles. The average Bonchev–Trinajstić information content (AvgIpc) is 3.23. The van der Waals surface area contributed by atoms with E-state index in [0.717, 1.165) is 36.4 Å². The van der Waals surface area contributed by atoms with Crippen LogP contribution in [0.15, 0.2) is 29.6 Å². The number of para-hydroxylation sites is 1. The Morgan fingerprint density at radius 1 is 1.39 bits per heavy atom. The van der Waals surface area contributed by atoms with Crippen LogP contribution in [0, 0.1) is 0 Å². The maximum atomic E-state index is 12.9. The Bertz CT molecular complexity index is 696. The molecule has 0 bridgehead atoms. The first kappa shape index (κ1) is 16.0. The first-order valence-corrected chi connectivity index (χ1v) is 8.89. The fourth-order valence-corrected chi connectivity index (χ4v) is 3.98. The monoisotopic (exact) mass is 330 g/mol. The molecule has 0 spiro atoms. The van der Waals surface area contributed by atoms with Gasteiger partial charge < -0.3 is 9.64 Å². The van der Waals surface area contributed by atoms with Crippen LogP contribution in [-0.4, -0.2) is 29.4 Å². The Labute approximate surface area is 141 Å². The zero-order valence-electron chi connectivity index (χ0n) is 13.8. The molecule has 23 heavy (non-hydrogen) atoms. The van der Waals surface area contributed by atoms with E-state index in [9.17, 15) is 4.79 Å². The Kier molecular flexibility index (Phi) is 4.66. The van der Waals surface area contributed by atoms with Crippen LogP contribution >= 0.6 is 11.3 Å². The second-order valence-corrected chi connectivity index (χ2v) is 6.99. The molecule has 1 aromatic carbocycles. The highest BCUT2D eigenvalue weighted by molar-refractivity contribution is 7.11. The van der Waals surface area contributed by atoms with Crippen molar-refractivity contribution in [2.45, 2.75) is 38.6 Å². The van der Waals surface area contributed by atoms with Gasteiger partial charge in [-0.15, -0.1) is 11.3 Å². The van der Waals surface area contributed by atoms with Crippen LogP contribution in [0.3, 0.4) is 0 Å². The molecule has 0 unspecified atom stereocenters. The third kappa shape index (κ3) is 3.11. The maximum Gasteiger partial charge on any atom is 0.283 e. The van der Waals surface area contributed by atoms with E-state index in [4.69, 9.17) is 4.74 Å². The summed E-state index contributed by atoms with van der Waals surface area (Å²) in [4.78, 5) is 19.4. The number of ether oxygens (including phenoxy) is 1. The number of likely N-dealkylation sites (tertiary alicyclic amines) is 1. The normalized spacial score (nSPS) is 17.7. The van der Waals surface area contributed by atoms with Gasteiger partial charge in [-0.2, -0.15) is 0 Å². The Morgan fingerprint density at radius 3 is 2.87 bits per heavy atom. The Balaban J connectivity index is 1.87. The van der Waals surface area contributed by atoms with Crippen molar-refractivity contribution in [2.75, 3.05) is 13.7 Å². The van der Waals surface area contributed by atoms with Gasteiger partial charge in [0.1, 0.15) is 5.75 Å². The zero-order valence-corrected chi connectivity index (χ0v) is 14.6. The molecule has 2 aromatic rings. The summed E-state index contributed by atoms with van der Waals surface area (Å²) in [5.74, 6) is 1.23. The summed E-state index contributed by atoms with van der Waals surface area (Å²) in [6.45, 7) is 4.96. The summed E-state index contributed by atoms with van der Waals surface area (Å²) in [7, 11) is 1.68. The molecule has 0 radical (unpaired) electrons. The lowest BCUT2D eigenvalue weighted by molar-refractivity contribution is 0.0733. The van der Waals surface area contributed by atoms with Crippen LogP contribution in [0.4, 0.5) is 0 Å². The molecule has 122 valence electrons. The number of benzene rings is 1. The lowest BCUT2D eigenvalue weighted by Gasteiger charge is -2.25. The number of rotatable bonds is 4. The fraction of sp³-hybridized carbons (Fsp3) is 0.444. The predicted molar refractivity (Wildman–Crippen MR) is 92.2 cm³/mol. The number of aromatic nitrogens is 1. The summed E-state index contributed by atoms with van der Waals surface area (Å²) in [6.07, 6.45) is 1.98. The average molecular weight is 330 g/mol. The van der Waals surface area contributed by atoms with Crippen LogP contribution in [0.25, 0.3) is 0 Å². The predicted octanol–water partition coefficient (Wildman–Crippen LogP) is 4.25. The summed E-state index contributed by atoms with van der Waals surface area (Å²) < 4.78 is 5.48. The van der Waals surface area contributed by atoms with Crippen molar-refractivity contribution < 1.29 is 9.53 Å². The molecule has 1 amide bonds. The molecule has 2 heterocycles. The lowest BCUT2D eigenvalue weighted by Crippen LogP contribution is -2.30. The summed E-state index contributed by atoms with van der Waals surface area (Å²) in [6, 6.07) is 8.04. The van der Waals surface area contributed by atoms with Gasteiger partial charge in [-0.05, 0) is 24.8 Å². The number of hydrogen-bond acceptors (Lipinski definition) is 4. The minimum Gasteiger partial charge on any atom is -0.496 e. The van der Waals surface area contributed by atoms with Crippen molar-refractivity contribution in [3.63, 3.8) is 0 Å². The van der Waals surface area contributed by atoms with Crippen LogP contribution < -0.4 is 4.74 Å². The molecule has 5 heteroatoms. The summed E-state index contributed by atoms with van der Waals surface area (Å²) >= 11 is 1.45. The van der Waals surface area contributed by atoms with Crippen LogP contribution in [-0.2, 0) is 0 Å². The third-order valence-electron chi connectivity index (χ3n) is 4.31. The number of carbonyl (C=O) groups excluding carboxylic acids is 1. The van der Waals surface area contributed by atoms with E-state index >= 15 is 0 Å². The smallest absolute Gasteiger partial charge is 0.283 e. The van der Waals surface area contributed by atoms with E-state index in [-0.39, 0.29) is 11.9 Å². The fourth-order valence-electron chi connectivity index (χ4n) is 3.05. The number of carbonyl (C=O) groups is 1. The van der Waals surface area contributed by atoms with Crippen LogP contribution in [0.1, 0.15) is 59.7 Å². The van der Waals surface area contributed by atoms with Crippen molar-refractivity contribution in [1.82, 2.24) is 9.88 Å². The van der Waals surface area contributed by atoms with E-state index in [2.05, 4.69) is 24.9 Å². The van der Waals surface area contributed by atoms with Crippen LogP contribution in [0.2, 0.25) is 0 Å². The second-order valence-electron chi connectivity index (χ2n) is 6.13. The summed E-state index contributed by atoms with van der Waals surface area (Å²) in [5.41, 5.74) is 2.08. The zero-order chi connectivity index (χ0) is 16.4. The molecule has 0 aliphatic carbocycles. The molecule has 1 saturated heterocycles. The number of methoxy groups -OCH3 is 1. The number of thiazole rings is 1. The molecular weight excluding hydrogens is 308 g/mol. The molecule has 1 fully saturated rings. The van der Waals surface area contributed by atoms with Gasteiger partial charge in [0.15, 0.2) is 5.01 Å². The van der Waals surface area contributed by atoms with Gasteiger partial charge in [0.25, 0.3) is 5.91 Å². The molecule has 4 nitrogen and oxygen atoms in total. The first-order valence-electron chi connectivity index (χ1n) is 8.01. The van der Waals surface area contributed by atoms with Crippen molar-refractivity contribution in [2.24, 2.45) is 0 Å². The Morgan fingerprint density at radius 2 is 2.17 bits per heavy atom. The lowest BCUT2D eigenvalue weighted by atomic mass is 10.0. The highest BCUT2D eigenvalue weighted by Crippen LogP contribution is 2.38. The van der Waals surface area contributed by atoms with Crippen molar-refractivity contribution in [1.29, 1.82) is 0 Å². The van der Waals surface area contributed by atoms with Crippen molar-refractivity contribution in [3.05, 3.63) is 45.9 Å². The molecular formula is C18H22N2O2S.